The predicted octanol–water partition coefficient (Wildman–Crippen LogP) is 2.77. The van der Waals surface area contributed by atoms with Crippen LogP contribution in [0.5, 0.6) is 5.75 Å². The van der Waals surface area contributed by atoms with E-state index < -0.39 is 11.7 Å². The molecule has 0 radical (unpaired) electrons. The summed E-state index contributed by atoms with van der Waals surface area (Å²) in [6, 6.07) is 11.4. The maximum atomic E-state index is 13.7. The monoisotopic (exact) mass is 259 g/mol. The van der Waals surface area contributed by atoms with Crippen LogP contribution in [0.1, 0.15) is 21.5 Å². The second kappa shape index (κ2) is 5.52. The molecular formula is C15H14FNO2. The molecule has 4 heteroatoms. The smallest absolute Gasteiger partial charge is 0.254 e. The third kappa shape index (κ3) is 2.91. The number of para-hydroxylation sites is 1. The number of aryl methyl sites for hydroxylation is 1. The number of amides is 1. The Morgan fingerprint density at radius 1 is 1.21 bits per heavy atom. The summed E-state index contributed by atoms with van der Waals surface area (Å²) >= 11 is 0. The van der Waals surface area contributed by atoms with Crippen molar-refractivity contribution in [2.24, 2.45) is 0 Å². The Morgan fingerprint density at radius 2 is 1.95 bits per heavy atom. The number of phenolic OH excluding ortho intramolecular Hbond substituents is 1. The van der Waals surface area contributed by atoms with E-state index in [0.717, 1.165) is 0 Å². The zero-order valence-corrected chi connectivity index (χ0v) is 10.5. The number of nitrogens with one attached hydrogen (secondary N) is 1. The molecule has 0 bridgehead atoms. The zero-order chi connectivity index (χ0) is 13.8. The minimum absolute atomic E-state index is 0.00965. The molecule has 0 saturated carbocycles. The summed E-state index contributed by atoms with van der Waals surface area (Å²) in [7, 11) is 0. The quantitative estimate of drug-likeness (QED) is 0.890. The molecule has 0 unspecified atom stereocenters. The van der Waals surface area contributed by atoms with Crippen LogP contribution in [0.2, 0.25) is 0 Å². The molecular weight excluding hydrogens is 245 g/mol. The normalized spacial score (nSPS) is 10.2. The molecule has 0 aliphatic carbocycles. The standard InChI is InChI=1S/C15H14FNO2/c1-10-5-4-7-12(14(10)16)15(19)17-9-11-6-2-3-8-13(11)18/h2-8,18H,9H2,1H3,(H,17,19). The third-order valence-corrected chi connectivity index (χ3v) is 2.87. The van der Waals surface area contributed by atoms with Crippen molar-refractivity contribution in [1.82, 2.24) is 5.32 Å². The molecule has 0 aliphatic heterocycles. The Labute approximate surface area is 110 Å². The molecule has 0 aromatic heterocycles. The van der Waals surface area contributed by atoms with Crippen molar-refractivity contribution in [3.8, 4) is 5.75 Å². The van der Waals surface area contributed by atoms with Gasteiger partial charge in [0.2, 0.25) is 0 Å². The van der Waals surface area contributed by atoms with Gasteiger partial charge >= 0.3 is 0 Å². The Hall–Kier alpha value is -2.36. The molecule has 0 spiro atoms. The summed E-state index contributed by atoms with van der Waals surface area (Å²) in [5, 5.41) is 12.2. The van der Waals surface area contributed by atoms with Crippen molar-refractivity contribution in [3.05, 3.63) is 65.0 Å². The van der Waals surface area contributed by atoms with Crippen LogP contribution in [0, 0.1) is 12.7 Å². The Bertz CT molecular complexity index is 611. The molecule has 0 atom stereocenters. The van der Waals surface area contributed by atoms with E-state index in [9.17, 15) is 14.3 Å². The van der Waals surface area contributed by atoms with Gasteiger partial charge in [0.15, 0.2) is 0 Å². The van der Waals surface area contributed by atoms with E-state index in [2.05, 4.69) is 5.32 Å². The number of carbonyl (C=O) groups is 1. The number of halogens is 1. The molecule has 1 amide bonds. The first-order chi connectivity index (χ1) is 9.09. The lowest BCUT2D eigenvalue weighted by Gasteiger charge is -2.08. The van der Waals surface area contributed by atoms with Crippen molar-refractivity contribution in [2.75, 3.05) is 0 Å². The molecule has 0 fully saturated rings. The molecule has 98 valence electrons. The van der Waals surface area contributed by atoms with Crippen molar-refractivity contribution >= 4 is 5.91 Å². The van der Waals surface area contributed by atoms with Crippen LogP contribution < -0.4 is 5.32 Å². The maximum absolute atomic E-state index is 13.7. The Balaban J connectivity index is 2.10. The van der Waals surface area contributed by atoms with Crippen molar-refractivity contribution in [2.45, 2.75) is 13.5 Å². The van der Waals surface area contributed by atoms with E-state index in [-0.39, 0.29) is 17.9 Å². The van der Waals surface area contributed by atoms with Crippen molar-refractivity contribution in [1.29, 1.82) is 0 Å². The van der Waals surface area contributed by atoms with Crippen LogP contribution in [0.3, 0.4) is 0 Å². The van der Waals surface area contributed by atoms with E-state index in [4.69, 9.17) is 0 Å². The van der Waals surface area contributed by atoms with Gasteiger partial charge in [-0.3, -0.25) is 4.79 Å². The first-order valence-corrected chi connectivity index (χ1v) is 5.90. The highest BCUT2D eigenvalue weighted by atomic mass is 19.1. The minimum Gasteiger partial charge on any atom is -0.508 e. The summed E-state index contributed by atoms with van der Waals surface area (Å²) < 4.78 is 13.7. The zero-order valence-electron chi connectivity index (χ0n) is 10.5. The summed E-state index contributed by atoms with van der Waals surface area (Å²) in [6.45, 7) is 1.76. The summed E-state index contributed by atoms with van der Waals surface area (Å²) in [6.07, 6.45) is 0. The molecule has 0 aliphatic rings. The van der Waals surface area contributed by atoms with E-state index in [0.29, 0.717) is 11.1 Å². The van der Waals surface area contributed by atoms with Crippen LogP contribution >= 0.6 is 0 Å². The first kappa shape index (κ1) is 13.1. The SMILES string of the molecule is Cc1cccc(C(=O)NCc2ccccc2O)c1F. The van der Waals surface area contributed by atoms with Gasteiger partial charge in [0, 0.05) is 12.1 Å². The summed E-state index contributed by atoms with van der Waals surface area (Å²) in [5.41, 5.74) is 1.02. The van der Waals surface area contributed by atoms with Gasteiger partial charge in [0.05, 0.1) is 5.56 Å². The lowest BCUT2D eigenvalue weighted by molar-refractivity contribution is 0.0946. The summed E-state index contributed by atoms with van der Waals surface area (Å²) in [5.74, 6) is -0.908. The number of hydrogen-bond acceptors (Lipinski definition) is 2. The van der Waals surface area contributed by atoms with Crippen LogP contribution in [-0.4, -0.2) is 11.0 Å². The van der Waals surface area contributed by atoms with Crippen LogP contribution in [0.4, 0.5) is 4.39 Å². The molecule has 0 heterocycles. The number of benzene rings is 2. The fourth-order valence-corrected chi connectivity index (χ4v) is 1.75. The Morgan fingerprint density at radius 3 is 2.68 bits per heavy atom. The third-order valence-electron chi connectivity index (χ3n) is 2.87. The number of hydrogen-bond donors (Lipinski definition) is 2. The van der Waals surface area contributed by atoms with Gasteiger partial charge in [-0.1, -0.05) is 30.3 Å². The highest BCUT2D eigenvalue weighted by molar-refractivity contribution is 5.94. The van der Waals surface area contributed by atoms with Gasteiger partial charge < -0.3 is 10.4 Å². The second-order valence-corrected chi connectivity index (χ2v) is 4.25. The lowest BCUT2D eigenvalue weighted by Crippen LogP contribution is -2.24. The highest BCUT2D eigenvalue weighted by Gasteiger charge is 2.13. The van der Waals surface area contributed by atoms with Crippen molar-refractivity contribution in [3.63, 3.8) is 0 Å². The molecule has 0 saturated heterocycles. The van der Waals surface area contributed by atoms with Gasteiger partial charge in [0.1, 0.15) is 11.6 Å². The van der Waals surface area contributed by atoms with E-state index in [1.165, 1.54) is 12.1 Å². The Kier molecular flexibility index (Phi) is 3.80. The molecule has 2 rings (SSSR count). The fraction of sp³-hybridized carbons (Fsp3) is 0.133. The minimum atomic E-state index is -0.516. The average Bonchev–Trinajstić information content (AvgIpc) is 2.40. The average molecular weight is 259 g/mol. The van der Waals surface area contributed by atoms with Crippen LogP contribution in [0.15, 0.2) is 42.5 Å². The summed E-state index contributed by atoms with van der Waals surface area (Å²) in [4.78, 5) is 11.9. The maximum Gasteiger partial charge on any atom is 0.254 e. The van der Waals surface area contributed by atoms with E-state index >= 15 is 0 Å². The topological polar surface area (TPSA) is 49.3 Å². The number of aromatic hydroxyl groups is 1. The molecule has 19 heavy (non-hydrogen) atoms. The highest BCUT2D eigenvalue weighted by Crippen LogP contribution is 2.16. The molecule has 2 aromatic rings. The second-order valence-electron chi connectivity index (χ2n) is 4.25. The van der Waals surface area contributed by atoms with Gasteiger partial charge in [-0.15, -0.1) is 0 Å². The lowest BCUT2D eigenvalue weighted by atomic mass is 10.1. The van der Waals surface area contributed by atoms with E-state index in [1.807, 2.05) is 0 Å². The van der Waals surface area contributed by atoms with Crippen molar-refractivity contribution < 1.29 is 14.3 Å². The van der Waals surface area contributed by atoms with Gasteiger partial charge in [-0.2, -0.15) is 0 Å². The molecule has 3 nitrogen and oxygen atoms in total. The predicted molar refractivity (Wildman–Crippen MR) is 70.4 cm³/mol. The number of phenols is 1. The fourth-order valence-electron chi connectivity index (χ4n) is 1.75. The van der Waals surface area contributed by atoms with Crippen LogP contribution in [-0.2, 0) is 6.54 Å². The molecule has 2 aromatic carbocycles. The van der Waals surface area contributed by atoms with Gasteiger partial charge in [0.25, 0.3) is 5.91 Å². The van der Waals surface area contributed by atoms with Crippen LogP contribution in [0.25, 0.3) is 0 Å². The van der Waals surface area contributed by atoms with Gasteiger partial charge in [-0.05, 0) is 24.6 Å². The number of rotatable bonds is 3. The van der Waals surface area contributed by atoms with Gasteiger partial charge in [-0.25, -0.2) is 4.39 Å². The van der Waals surface area contributed by atoms with E-state index in [1.54, 1.807) is 37.3 Å². The molecule has 2 N–H and O–H groups in total. The largest absolute Gasteiger partial charge is 0.508 e. The number of carbonyl (C=O) groups excluding carboxylic acids is 1. The first-order valence-electron chi connectivity index (χ1n) is 5.90.